The van der Waals surface area contributed by atoms with Crippen molar-refractivity contribution in [2.24, 2.45) is 0 Å². The van der Waals surface area contributed by atoms with Crippen molar-refractivity contribution in [3.05, 3.63) is 53.7 Å². The quantitative estimate of drug-likeness (QED) is 0.861. The number of alkyl halides is 3. The van der Waals surface area contributed by atoms with Crippen LogP contribution in [0.4, 0.5) is 29.5 Å². The van der Waals surface area contributed by atoms with Crippen LogP contribution in [0.3, 0.4) is 0 Å². The highest BCUT2D eigenvalue weighted by atomic mass is 19.4. The van der Waals surface area contributed by atoms with Crippen molar-refractivity contribution in [1.82, 2.24) is 10.3 Å². The van der Waals surface area contributed by atoms with Crippen LogP contribution < -0.4 is 15.5 Å². The number of urea groups is 1. The zero-order valence-corrected chi connectivity index (χ0v) is 14.0. The van der Waals surface area contributed by atoms with Crippen molar-refractivity contribution in [2.75, 3.05) is 23.3 Å². The first kappa shape index (κ1) is 18.0. The standard InChI is InChI=1S/C18H19F3N4O/c19-18(20,21)14-5-3-13(4-6-14)11-23-17(26)24-15-7-8-16(22-12-15)25-9-1-2-10-25/h3-8,12H,1-2,9-11H2,(H2,23,24,26). The number of amides is 2. The van der Waals surface area contributed by atoms with Crippen LogP contribution in [0, 0.1) is 0 Å². The van der Waals surface area contributed by atoms with Crippen LogP contribution in [-0.2, 0) is 12.7 Å². The lowest BCUT2D eigenvalue weighted by molar-refractivity contribution is -0.137. The first-order valence-electron chi connectivity index (χ1n) is 8.34. The van der Waals surface area contributed by atoms with Crippen molar-refractivity contribution >= 4 is 17.5 Å². The Kier molecular flexibility index (Phi) is 5.29. The van der Waals surface area contributed by atoms with Crippen LogP contribution in [0.25, 0.3) is 0 Å². The number of carbonyl (C=O) groups is 1. The molecule has 5 nitrogen and oxygen atoms in total. The van der Waals surface area contributed by atoms with Gasteiger partial charge in [0.1, 0.15) is 5.82 Å². The smallest absolute Gasteiger partial charge is 0.357 e. The molecular formula is C18H19F3N4O. The molecule has 2 heterocycles. The number of aromatic nitrogens is 1. The second kappa shape index (κ2) is 7.63. The number of pyridine rings is 1. The molecule has 0 unspecified atom stereocenters. The molecule has 1 aliphatic rings. The van der Waals surface area contributed by atoms with E-state index < -0.39 is 17.8 Å². The maximum absolute atomic E-state index is 12.5. The lowest BCUT2D eigenvalue weighted by Crippen LogP contribution is -2.28. The number of anilines is 2. The van der Waals surface area contributed by atoms with Gasteiger partial charge in [-0.05, 0) is 42.7 Å². The Labute approximate surface area is 149 Å². The Bertz CT molecular complexity index is 739. The minimum Gasteiger partial charge on any atom is -0.357 e. The third kappa shape index (κ3) is 4.65. The van der Waals surface area contributed by atoms with Crippen LogP contribution >= 0.6 is 0 Å². The molecule has 1 aliphatic heterocycles. The fourth-order valence-electron chi connectivity index (χ4n) is 2.76. The van der Waals surface area contributed by atoms with Crippen LogP contribution in [0.15, 0.2) is 42.6 Å². The molecule has 8 heteroatoms. The van der Waals surface area contributed by atoms with E-state index in [-0.39, 0.29) is 6.54 Å². The predicted molar refractivity (Wildman–Crippen MR) is 93.0 cm³/mol. The van der Waals surface area contributed by atoms with Crippen LogP contribution in [-0.4, -0.2) is 24.1 Å². The van der Waals surface area contributed by atoms with E-state index in [9.17, 15) is 18.0 Å². The summed E-state index contributed by atoms with van der Waals surface area (Å²) in [5.41, 5.74) is 0.420. The Balaban J connectivity index is 1.49. The second-order valence-electron chi connectivity index (χ2n) is 6.10. The molecule has 0 spiro atoms. The third-order valence-electron chi connectivity index (χ3n) is 4.17. The van der Waals surface area contributed by atoms with Crippen LogP contribution in [0.5, 0.6) is 0 Å². The Morgan fingerprint density at radius 2 is 1.77 bits per heavy atom. The molecule has 1 aromatic carbocycles. The topological polar surface area (TPSA) is 57.3 Å². The summed E-state index contributed by atoms with van der Waals surface area (Å²) in [7, 11) is 0. The molecule has 3 rings (SSSR count). The van der Waals surface area contributed by atoms with Gasteiger partial charge in [0.05, 0.1) is 17.4 Å². The summed E-state index contributed by atoms with van der Waals surface area (Å²) in [6.45, 7) is 2.12. The van der Waals surface area contributed by atoms with E-state index in [4.69, 9.17) is 0 Å². The number of halogens is 3. The van der Waals surface area contributed by atoms with Crippen molar-refractivity contribution in [1.29, 1.82) is 0 Å². The van der Waals surface area contributed by atoms with Crippen molar-refractivity contribution in [2.45, 2.75) is 25.6 Å². The summed E-state index contributed by atoms with van der Waals surface area (Å²) in [6, 6.07) is 7.87. The summed E-state index contributed by atoms with van der Waals surface area (Å²) in [4.78, 5) is 18.4. The number of benzene rings is 1. The Morgan fingerprint density at radius 3 is 2.35 bits per heavy atom. The Morgan fingerprint density at radius 1 is 1.08 bits per heavy atom. The molecule has 2 aromatic rings. The van der Waals surface area contributed by atoms with Crippen LogP contribution in [0.1, 0.15) is 24.0 Å². The summed E-state index contributed by atoms with van der Waals surface area (Å²) in [6.07, 6.45) is -0.453. The number of nitrogens with one attached hydrogen (secondary N) is 2. The largest absolute Gasteiger partial charge is 0.416 e. The molecule has 1 saturated heterocycles. The molecule has 138 valence electrons. The zero-order valence-electron chi connectivity index (χ0n) is 14.0. The third-order valence-corrected chi connectivity index (χ3v) is 4.17. The molecule has 2 amide bonds. The minimum atomic E-state index is -4.36. The van der Waals surface area contributed by atoms with Gasteiger partial charge in [-0.2, -0.15) is 13.2 Å². The van der Waals surface area contributed by atoms with Gasteiger partial charge in [-0.3, -0.25) is 0 Å². The van der Waals surface area contributed by atoms with Gasteiger partial charge >= 0.3 is 12.2 Å². The maximum Gasteiger partial charge on any atom is 0.416 e. The number of rotatable bonds is 4. The summed E-state index contributed by atoms with van der Waals surface area (Å²) in [5, 5.41) is 5.26. The maximum atomic E-state index is 12.5. The molecule has 1 fully saturated rings. The molecule has 0 saturated carbocycles. The summed E-state index contributed by atoms with van der Waals surface area (Å²) >= 11 is 0. The normalized spacial score (nSPS) is 14.3. The van der Waals surface area contributed by atoms with E-state index in [0.717, 1.165) is 43.9 Å². The lowest BCUT2D eigenvalue weighted by atomic mass is 10.1. The van der Waals surface area contributed by atoms with E-state index >= 15 is 0 Å². The number of hydrogen-bond acceptors (Lipinski definition) is 3. The molecule has 0 aliphatic carbocycles. The number of hydrogen-bond donors (Lipinski definition) is 2. The average molecular weight is 364 g/mol. The lowest BCUT2D eigenvalue weighted by Gasteiger charge is -2.16. The van der Waals surface area contributed by atoms with E-state index in [2.05, 4.69) is 20.5 Å². The Hall–Kier alpha value is -2.77. The second-order valence-corrected chi connectivity index (χ2v) is 6.10. The SMILES string of the molecule is O=C(NCc1ccc(C(F)(F)F)cc1)Nc1ccc(N2CCCC2)nc1. The average Bonchev–Trinajstić information content (AvgIpc) is 3.15. The van der Waals surface area contributed by atoms with Gasteiger partial charge < -0.3 is 15.5 Å². The van der Waals surface area contributed by atoms with Crippen molar-refractivity contribution in [3.8, 4) is 0 Å². The van der Waals surface area contributed by atoms with Gasteiger partial charge in [0, 0.05) is 19.6 Å². The zero-order chi connectivity index (χ0) is 18.6. The van der Waals surface area contributed by atoms with Gasteiger partial charge in [0.2, 0.25) is 0 Å². The molecular weight excluding hydrogens is 345 g/mol. The van der Waals surface area contributed by atoms with Gasteiger partial charge in [-0.1, -0.05) is 12.1 Å². The van der Waals surface area contributed by atoms with Crippen molar-refractivity contribution in [3.63, 3.8) is 0 Å². The molecule has 0 radical (unpaired) electrons. The molecule has 2 N–H and O–H groups in total. The van der Waals surface area contributed by atoms with E-state index in [0.29, 0.717) is 11.3 Å². The monoisotopic (exact) mass is 364 g/mol. The summed E-state index contributed by atoms with van der Waals surface area (Å²) < 4.78 is 37.5. The van der Waals surface area contributed by atoms with Gasteiger partial charge in [-0.25, -0.2) is 9.78 Å². The predicted octanol–water partition coefficient (Wildman–Crippen LogP) is 4.02. The highest BCUT2D eigenvalue weighted by molar-refractivity contribution is 5.89. The fraction of sp³-hybridized carbons (Fsp3) is 0.333. The van der Waals surface area contributed by atoms with Gasteiger partial charge in [-0.15, -0.1) is 0 Å². The number of carbonyl (C=O) groups excluding carboxylic acids is 1. The fourth-order valence-corrected chi connectivity index (χ4v) is 2.76. The molecule has 26 heavy (non-hydrogen) atoms. The molecule has 0 bridgehead atoms. The number of nitrogens with zero attached hydrogens (tertiary/aromatic N) is 2. The summed E-state index contributed by atoms with van der Waals surface area (Å²) in [5.74, 6) is 0.887. The van der Waals surface area contributed by atoms with E-state index in [1.165, 1.54) is 12.1 Å². The van der Waals surface area contributed by atoms with Gasteiger partial charge in [0.25, 0.3) is 0 Å². The minimum absolute atomic E-state index is 0.128. The molecule has 0 atom stereocenters. The van der Waals surface area contributed by atoms with Crippen molar-refractivity contribution < 1.29 is 18.0 Å². The van der Waals surface area contributed by atoms with E-state index in [1.54, 1.807) is 12.3 Å². The molecule has 1 aromatic heterocycles. The highest BCUT2D eigenvalue weighted by Crippen LogP contribution is 2.29. The van der Waals surface area contributed by atoms with E-state index in [1.807, 2.05) is 6.07 Å². The first-order valence-corrected chi connectivity index (χ1v) is 8.34. The highest BCUT2D eigenvalue weighted by Gasteiger charge is 2.29. The van der Waals surface area contributed by atoms with Gasteiger partial charge in [0.15, 0.2) is 0 Å². The first-order chi connectivity index (χ1) is 12.4. The van der Waals surface area contributed by atoms with Crippen LogP contribution in [0.2, 0.25) is 0 Å².